The fraction of sp³-hybridized carbons (Fsp3) is 0.833. The molecule has 5 nitrogen and oxygen atoms in total. The Balaban J connectivity index is 1.98. The highest BCUT2D eigenvalue weighted by Crippen LogP contribution is 2.28. The zero-order valence-electron chi connectivity index (χ0n) is 10.7. The van der Waals surface area contributed by atoms with E-state index < -0.39 is 0 Å². The number of likely N-dealkylation sites (N-methyl/N-ethyl adjacent to an activating group) is 1. The van der Waals surface area contributed by atoms with Gasteiger partial charge in [-0.05, 0) is 25.3 Å². The topological polar surface area (TPSA) is 75.4 Å². The number of thioether (sulfide) groups is 1. The van der Waals surface area contributed by atoms with Gasteiger partial charge in [-0.15, -0.1) is 0 Å². The molecule has 2 amide bonds. The Labute approximate surface area is 112 Å². The minimum Gasteiger partial charge on any atom is -0.341 e. The molecule has 0 bridgehead atoms. The van der Waals surface area contributed by atoms with E-state index in [1.165, 1.54) is 18.2 Å². The van der Waals surface area contributed by atoms with Gasteiger partial charge in [-0.2, -0.15) is 0 Å². The van der Waals surface area contributed by atoms with Crippen LogP contribution in [0.5, 0.6) is 0 Å². The van der Waals surface area contributed by atoms with Crippen molar-refractivity contribution in [2.75, 3.05) is 19.3 Å². The van der Waals surface area contributed by atoms with Crippen LogP contribution in [0.15, 0.2) is 0 Å². The molecule has 0 aromatic carbocycles. The van der Waals surface area contributed by atoms with E-state index in [-0.39, 0.29) is 23.2 Å². The predicted octanol–water partition coefficient (Wildman–Crippen LogP) is 0.787. The number of carbonyl (C=O) groups excluding carboxylic acids is 2. The Morgan fingerprint density at radius 3 is 2.83 bits per heavy atom. The van der Waals surface area contributed by atoms with E-state index in [1.54, 1.807) is 0 Å². The lowest BCUT2D eigenvalue weighted by Crippen LogP contribution is -2.52. The molecular weight excluding hydrogens is 250 g/mol. The van der Waals surface area contributed by atoms with E-state index >= 15 is 0 Å². The largest absolute Gasteiger partial charge is 0.341 e. The number of carbonyl (C=O) groups is 2. The molecule has 1 heterocycles. The van der Waals surface area contributed by atoms with Crippen molar-refractivity contribution in [3.63, 3.8) is 0 Å². The van der Waals surface area contributed by atoms with Gasteiger partial charge in [0.15, 0.2) is 0 Å². The maximum Gasteiger partial charge on any atom is 0.279 e. The molecule has 1 aliphatic carbocycles. The number of hydrogen-bond donors (Lipinski definition) is 2. The van der Waals surface area contributed by atoms with Gasteiger partial charge in [0.2, 0.25) is 5.91 Å². The molecule has 2 aliphatic rings. The van der Waals surface area contributed by atoms with Gasteiger partial charge in [-0.25, -0.2) is 0 Å². The highest BCUT2D eigenvalue weighted by Gasteiger charge is 2.35. The lowest BCUT2D eigenvalue weighted by molar-refractivity contribution is -0.134. The Hall–Kier alpha value is -0.750. The van der Waals surface area contributed by atoms with Crippen LogP contribution in [0.2, 0.25) is 0 Å². The molecule has 0 radical (unpaired) electrons. The van der Waals surface area contributed by atoms with E-state index in [2.05, 4.69) is 5.32 Å². The van der Waals surface area contributed by atoms with Crippen molar-refractivity contribution >= 4 is 22.9 Å². The van der Waals surface area contributed by atoms with Gasteiger partial charge in [0.1, 0.15) is 6.04 Å². The molecule has 0 aromatic rings. The number of nitrogens with one attached hydrogen (secondary N) is 1. The third kappa shape index (κ3) is 2.80. The second kappa shape index (κ2) is 5.93. The summed E-state index contributed by atoms with van der Waals surface area (Å²) in [5.74, 6) is 0.971. The third-order valence-corrected chi connectivity index (χ3v) is 4.87. The van der Waals surface area contributed by atoms with Crippen molar-refractivity contribution in [3.05, 3.63) is 0 Å². The maximum atomic E-state index is 12.3. The summed E-state index contributed by atoms with van der Waals surface area (Å²) in [5.41, 5.74) is 5.80. The number of rotatable bonds is 3. The van der Waals surface area contributed by atoms with Crippen molar-refractivity contribution in [3.8, 4) is 0 Å². The molecule has 3 unspecified atom stereocenters. The van der Waals surface area contributed by atoms with Crippen molar-refractivity contribution in [2.45, 2.75) is 37.8 Å². The quantitative estimate of drug-likeness (QED) is 0.795. The molecule has 2 fully saturated rings. The average molecular weight is 271 g/mol. The minimum absolute atomic E-state index is 0.0266. The van der Waals surface area contributed by atoms with Gasteiger partial charge in [-0.3, -0.25) is 9.59 Å². The lowest BCUT2D eigenvalue weighted by atomic mass is 9.83. The normalized spacial score (nSPS) is 32.1. The van der Waals surface area contributed by atoms with Gasteiger partial charge in [0.05, 0.1) is 0 Å². The van der Waals surface area contributed by atoms with Crippen molar-refractivity contribution in [1.82, 2.24) is 10.2 Å². The average Bonchev–Trinajstić information content (AvgIpc) is 2.83. The summed E-state index contributed by atoms with van der Waals surface area (Å²) in [5, 5.41) is 2.61. The summed E-state index contributed by atoms with van der Waals surface area (Å²) in [6.07, 6.45) is 4.49. The summed E-state index contributed by atoms with van der Waals surface area (Å²) < 4.78 is 0. The van der Waals surface area contributed by atoms with E-state index in [0.29, 0.717) is 18.2 Å². The highest BCUT2D eigenvalue weighted by atomic mass is 32.2. The highest BCUT2D eigenvalue weighted by molar-refractivity contribution is 8.14. The predicted molar refractivity (Wildman–Crippen MR) is 72.3 cm³/mol. The van der Waals surface area contributed by atoms with Gasteiger partial charge < -0.3 is 16.0 Å². The van der Waals surface area contributed by atoms with Crippen molar-refractivity contribution in [2.24, 2.45) is 11.7 Å². The molecule has 102 valence electrons. The second-order valence-corrected chi connectivity index (χ2v) is 6.08. The Morgan fingerprint density at radius 2 is 2.22 bits per heavy atom. The van der Waals surface area contributed by atoms with E-state index in [9.17, 15) is 9.59 Å². The van der Waals surface area contributed by atoms with Crippen LogP contribution < -0.4 is 11.1 Å². The van der Waals surface area contributed by atoms with Crippen LogP contribution in [0.4, 0.5) is 4.79 Å². The van der Waals surface area contributed by atoms with Crippen LogP contribution in [0, 0.1) is 5.92 Å². The zero-order chi connectivity index (χ0) is 13.1. The van der Waals surface area contributed by atoms with Crippen LogP contribution >= 0.6 is 11.8 Å². The van der Waals surface area contributed by atoms with E-state index in [4.69, 9.17) is 5.73 Å². The Kier molecular flexibility index (Phi) is 4.50. The van der Waals surface area contributed by atoms with Crippen LogP contribution in [-0.4, -0.2) is 47.5 Å². The number of nitrogens with zero attached hydrogens (tertiary/aromatic N) is 1. The third-order valence-electron chi connectivity index (χ3n) is 3.99. The molecule has 1 saturated carbocycles. The number of nitrogens with two attached hydrogens (primary N) is 1. The van der Waals surface area contributed by atoms with E-state index in [1.807, 2.05) is 11.9 Å². The molecule has 6 heteroatoms. The number of hydrogen-bond acceptors (Lipinski definition) is 4. The Bertz CT molecular complexity index is 337. The van der Waals surface area contributed by atoms with Crippen molar-refractivity contribution in [1.29, 1.82) is 0 Å². The summed E-state index contributed by atoms with van der Waals surface area (Å²) in [6.45, 7) is 0.633. The molecule has 0 aromatic heterocycles. The van der Waals surface area contributed by atoms with Gasteiger partial charge in [-0.1, -0.05) is 24.6 Å². The lowest BCUT2D eigenvalue weighted by Gasteiger charge is -2.38. The summed E-state index contributed by atoms with van der Waals surface area (Å²) in [6, 6.07) is -0.119. The van der Waals surface area contributed by atoms with Gasteiger partial charge in [0.25, 0.3) is 5.24 Å². The smallest absolute Gasteiger partial charge is 0.279 e. The first-order valence-electron chi connectivity index (χ1n) is 6.53. The van der Waals surface area contributed by atoms with Crippen LogP contribution in [0.3, 0.4) is 0 Å². The molecule has 1 aliphatic heterocycles. The number of amides is 2. The SMILES string of the molecule is CN(C(=O)C1CSC(=O)N1)C1CCCCC1CN. The Morgan fingerprint density at radius 1 is 1.50 bits per heavy atom. The monoisotopic (exact) mass is 271 g/mol. The fourth-order valence-electron chi connectivity index (χ4n) is 2.90. The first-order chi connectivity index (χ1) is 8.63. The summed E-state index contributed by atoms with van der Waals surface area (Å²) >= 11 is 1.18. The van der Waals surface area contributed by atoms with Gasteiger partial charge >= 0.3 is 0 Å². The van der Waals surface area contributed by atoms with Crippen LogP contribution in [0.25, 0.3) is 0 Å². The maximum absolute atomic E-state index is 12.3. The molecule has 2 rings (SSSR count). The minimum atomic E-state index is -0.354. The first kappa shape index (κ1) is 13.7. The van der Waals surface area contributed by atoms with Crippen LogP contribution in [0.1, 0.15) is 25.7 Å². The molecular formula is C12H21N3O2S. The van der Waals surface area contributed by atoms with Crippen molar-refractivity contribution < 1.29 is 9.59 Å². The second-order valence-electron chi connectivity index (χ2n) is 5.09. The zero-order valence-corrected chi connectivity index (χ0v) is 11.5. The molecule has 3 N–H and O–H groups in total. The summed E-state index contributed by atoms with van der Waals surface area (Å²) in [4.78, 5) is 25.3. The molecule has 3 atom stereocenters. The molecule has 0 spiro atoms. The fourth-order valence-corrected chi connectivity index (χ4v) is 3.67. The standard InChI is InChI=1S/C12H21N3O2S/c1-15(10-5-3-2-4-8(10)6-13)11(16)9-7-18-12(17)14-9/h8-10H,2-7,13H2,1H3,(H,14,17). The van der Waals surface area contributed by atoms with E-state index in [0.717, 1.165) is 19.3 Å². The first-order valence-corrected chi connectivity index (χ1v) is 7.52. The molecule has 1 saturated heterocycles. The van der Waals surface area contributed by atoms with Gasteiger partial charge in [0, 0.05) is 18.8 Å². The summed E-state index contributed by atoms with van der Waals surface area (Å²) in [7, 11) is 1.84. The molecule has 18 heavy (non-hydrogen) atoms. The van der Waals surface area contributed by atoms with Crippen LogP contribution in [-0.2, 0) is 4.79 Å².